The fourth-order valence-electron chi connectivity index (χ4n) is 3.16. The molecule has 0 spiro atoms. The van der Waals surface area contributed by atoms with Crippen LogP contribution in [0.5, 0.6) is 5.75 Å². The van der Waals surface area contributed by atoms with Crippen molar-refractivity contribution >= 4 is 22.9 Å². The first-order chi connectivity index (χ1) is 13.2. The highest BCUT2D eigenvalue weighted by Gasteiger charge is 2.21. The van der Waals surface area contributed by atoms with Gasteiger partial charge in [0.2, 0.25) is 0 Å². The van der Waals surface area contributed by atoms with Gasteiger partial charge in [0.15, 0.2) is 6.23 Å². The Morgan fingerprint density at radius 3 is 3.00 bits per heavy atom. The van der Waals surface area contributed by atoms with Crippen LogP contribution in [0.4, 0.5) is 0 Å². The fraction of sp³-hybridized carbons (Fsp3) is 0.524. The van der Waals surface area contributed by atoms with Gasteiger partial charge in [-0.15, -0.1) is 0 Å². The molecule has 0 saturated carbocycles. The van der Waals surface area contributed by atoms with Crippen LogP contribution in [-0.4, -0.2) is 35.6 Å². The molecule has 1 aromatic heterocycles. The van der Waals surface area contributed by atoms with Crippen LogP contribution in [0.2, 0.25) is 0 Å². The summed E-state index contributed by atoms with van der Waals surface area (Å²) in [5.74, 6) is 0.461. The molecule has 27 heavy (non-hydrogen) atoms. The van der Waals surface area contributed by atoms with Crippen molar-refractivity contribution < 1.29 is 19.0 Å². The summed E-state index contributed by atoms with van der Waals surface area (Å²) < 4.78 is 18.7. The van der Waals surface area contributed by atoms with Crippen molar-refractivity contribution in [2.45, 2.75) is 52.2 Å². The van der Waals surface area contributed by atoms with Crippen LogP contribution in [0.1, 0.15) is 57.9 Å². The van der Waals surface area contributed by atoms with Crippen LogP contribution >= 0.6 is 0 Å². The van der Waals surface area contributed by atoms with Gasteiger partial charge in [0, 0.05) is 24.1 Å². The molecule has 0 aliphatic carbocycles. The van der Waals surface area contributed by atoms with E-state index in [-0.39, 0.29) is 12.2 Å². The summed E-state index contributed by atoms with van der Waals surface area (Å²) >= 11 is 0. The molecule has 6 nitrogen and oxygen atoms in total. The van der Waals surface area contributed by atoms with Gasteiger partial charge in [-0.2, -0.15) is 5.10 Å². The molecule has 1 aliphatic rings. The van der Waals surface area contributed by atoms with Crippen LogP contribution in [0.25, 0.3) is 17.0 Å². The van der Waals surface area contributed by atoms with Crippen LogP contribution in [0, 0.1) is 0 Å². The van der Waals surface area contributed by atoms with E-state index in [0.29, 0.717) is 13.2 Å². The molecular formula is C21H28N2O4. The van der Waals surface area contributed by atoms with E-state index in [1.165, 1.54) is 6.08 Å². The SMILES string of the molecule is CCCCOc1ccc2c(/C=C/C(=O)OCC)nn(C3CCCCO3)c2c1. The van der Waals surface area contributed by atoms with E-state index in [1.54, 1.807) is 13.0 Å². The van der Waals surface area contributed by atoms with E-state index in [0.717, 1.165) is 61.1 Å². The molecule has 1 aliphatic heterocycles. The number of fused-ring (bicyclic) bond motifs is 1. The number of nitrogens with zero attached hydrogens (tertiary/aromatic N) is 2. The van der Waals surface area contributed by atoms with Gasteiger partial charge in [0.05, 0.1) is 24.4 Å². The molecule has 0 N–H and O–H groups in total. The van der Waals surface area contributed by atoms with Gasteiger partial charge in [-0.3, -0.25) is 0 Å². The third kappa shape index (κ3) is 4.89. The second-order valence-corrected chi connectivity index (χ2v) is 6.62. The highest BCUT2D eigenvalue weighted by molar-refractivity contribution is 5.93. The number of carbonyl (C=O) groups excluding carboxylic acids is 1. The fourth-order valence-corrected chi connectivity index (χ4v) is 3.16. The van der Waals surface area contributed by atoms with Gasteiger partial charge in [-0.05, 0) is 50.8 Å². The Hall–Kier alpha value is -2.34. The van der Waals surface area contributed by atoms with Crippen molar-refractivity contribution in [3.05, 3.63) is 30.0 Å². The molecule has 0 radical (unpaired) electrons. The number of rotatable bonds is 8. The maximum atomic E-state index is 11.7. The van der Waals surface area contributed by atoms with Gasteiger partial charge in [-0.25, -0.2) is 9.48 Å². The van der Waals surface area contributed by atoms with Gasteiger partial charge in [-0.1, -0.05) is 13.3 Å². The number of ether oxygens (including phenoxy) is 3. The molecular weight excluding hydrogens is 344 g/mol. The monoisotopic (exact) mass is 372 g/mol. The predicted molar refractivity (Wildman–Crippen MR) is 105 cm³/mol. The highest BCUT2D eigenvalue weighted by atomic mass is 16.5. The lowest BCUT2D eigenvalue weighted by Gasteiger charge is -2.23. The second kappa shape index (κ2) is 9.55. The zero-order valence-electron chi connectivity index (χ0n) is 16.1. The summed E-state index contributed by atoms with van der Waals surface area (Å²) in [5, 5.41) is 5.69. The molecule has 1 saturated heterocycles. The van der Waals surface area contributed by atoms with Crippen molar-refractivity contribution in [3.8, 4) is 5.75 Å². The summed E-state index contributed by atoms with van der Waals surface area (Å²) in [6.07, 6.45) is 8.29. The minimum atomic E-state index is -0.367. The van der Waals surface area contributed by atoms with Crippen molar-refractivity contribution in [2.24, 2.45) is 0 Å². The lowest BCUT2D eigenvalue weighted by molar-refractivity contribution is -0.137. The smallest absolute Gasteiger partial charge is 0.330 e. The molecule has 1 atom stereocenters. The minimum absolute atomic E-state index is 0.0862. The molecule has 6 heteroatoms. The summed E-state index contributed by atoms with van der Waals surface area (Å²) in [6, 6.07) is 5.96. The van der Waals surface area contributed by atoms with Gasteiger partial charge < -0.3 is 14.2 Å². The number of benzene rings is 1. The average Bonchev–Trinajstić information content (AvgIpc) is 3.05. The number of hydrogen-bond donors (Lipinski definition) is 0. The largest absolute Gasteiger partial charge is 0.494 e. The number of hydrogen-bond acceptors (Lipinski definition) is 5. The molecule has 146 valence electrons. The van der Waals surface area contributed by atoms with Gasteiger partial charge in [0.25, 0.3) is 0 Å². The van der Waals surface area contributed by atoms with E-state index in [4.69, 9.17) is 19.3 Å². The number of unbranched alkanes of at least 4 members (excludes halogenated alkanes) is 1. The Balaban J connectivity index is 1.93. The van der Waals surface area contributed by atoms with Crippen molar-refractivity contribution in [2.75, 3.05) is 19.8 Å². The van der Waals surface area contributed by atoms with E-state index >= 15 is 0 Å². The summed E-state index contributed by atoms with van der Waals surface area (Å²) in [5.41, 5.74) is 1.69. The Bertz CT molecular complexity index is 791. The summed E-state index contributed by atoms with van der Waals surface area (Å²) in [7, 11) is 0. The van der Waals surface area contributed by atoms with Crippen molar-refractivity contribution in [1.29, 1.82) is 0 Å². The van der Waals surface area contributed by atoms with E-state index in [9.17, 15) is 4.79 Å². The lowest BCUT2D eigenvalue weighted by Crippen LogP contribution is -2.19. The third-order valence-corrected chi connectivity index (χ3v) is 4.57. The van der Waals surface area contributed by atoms with Gasteiger partial charge in [0.1, 0.15) is 5.75 Å². The lowest BCUT2D eigenvalue weighted by atomic mass is 10.1. The molecule has 1 unspecified atom stereocenters. The van der Waals surface area contributed by atoms with E-state index in [1.807, 2.05) is 22.9 Å². The topological polar surface area (TPSA) is 62.6 Å². The Kier molecular flexibility index (Phi) is 6.87. The first-order valence-corrected chi connectivity index (χ1v) is 9.84. The molecule has 2 aromatic rings. The quantitative estimate of drug-likeness (QED) is 0.388. The molecule has 1 fully saturated rings. The average molecular weight is 372 g/mol. The minimum Gasteiger partial charge on any atom is -0.494 e. The van der Waals surface area contributed by atoms with Crippen molar-refractivity contribution in [1.82, 2.24) is 9.78 Å². The maximum absolute atomic E-state index is 11.7. The first kappa shape index (κ1) is 19.4. The zero-order valence-corrected chi connectivity index (χ0v) is 16.1. The van der Waals surface area contributed by atoms with Crippen LogP contribution in [-0.2, 0) is 14.3 Å². The van der Waals surface area contributed by atoms with Gasteiger partial charge >= 0.3 is 5.97 Å². The highest BCUT2D eigenvalue weighted by Crippen LogP contribution is 2.31. The normalized spacial score (nSPS) is 17.5. The summed E-state index contributed by atoms with van der Waals surface area (Å²) in [4.78, 5) is 11.7. The molecule has 3 rings (SSSR count). The van der Waals surface area contributed by atoms with E-state index in [2.05, 4.69) is 6.92 Å². The first-order valence-electron chi connectivity index (χ1n) is 9.84. The Morgan fingerprint density at radius 1 is 1.37 bits per heavy atom. The standard InChI is InChI=1S/C21H28N2O4/c1-3-5-13-26-16-9-10-17-18(11-12-21(24)25-4-2)22-23(19(17)15-16)20-8-6-7-14-27-20/h9-12,15,20H,3-8,13-14H2,1-2H3/b12-11+. The van der Waals surface area contributed by atoms with Crippen LogP contribution in [0.3, 0.4) is 0 Å². The summed E-state index contributed by atoms with van der Waals surface area (Å²) in [6.45, 7) is 5.73. The third-order valence-electron chi connectivity index (χ3n) is 4.57. The maximum Gasteiger partial charge on any atom is 0.330 e. The molecule has 0 bridgehead atoms. The van der Waals surface area contributed by atoms with Crippen LogP contribution in [0.15, 0.2) is 24.3 Å². The number of esters is 1. The zero-order chi connectivity index (χ0) is 19.1. The van der Waals surface area contributed by atoms with Crippen LogP contribution < -0.4 is 4.74 Å². The Morgan fingerprint density at radius 2 is 2.26 bits per heavy atom. The predicted octanol–water partition coefficient (Wildman–Crippen LogP) is 4.49. The molecule has 1 aromatic carbocycles. The number of aromatic nitrogens is 2. The number of carbonyl (C=O) groups is 1. The molecule has 2 heterocycles. The second-order valence-electron chi connectivity index (χ2n) is 6.62. The van der Waals surface area contributed by atoms with E-state index < -0.39 is 0 Å². The Labute approximate surface area is 160 Å². The molecule has 0 amide bonds. The van der Waals surface area contributed by atoms with Crippen molar-refractivity contribution in [3.63, 3.8) is 0 Å².